The first-order valence-electron chi connectivity index (χ1n) is 5.31. The summed E-state index contributed by atoms with van der Waals surface area (Å²) in [6.45, 7) is 9.07. The van der Waals surface area contributed by atoms with Gasteiger partial charge in [0.2, 0.25) is 0 Å². The molecule has 0 heterocycles. The normalized spacial score (nSPS) is 10.0. The van der Waals surface area contributed by atoms with E-state index in [0.717, 1.165) is 0 Å². The summed E-state index contributed by atoms with van der Waals surface area (Å²) in [5.74, 6) is -0.847. The van der Waals surface area contributed by atoms with Gasteiger partial charge in [-0.25, -0.2) is 4.79 Å². The maximum Gasteiger partial charge on any atom is 0.404 e. The van der Waals surface area contributed by atoms with E-state index in [-0.39, 0.29) is 6.42 Å². The van der Waals surface area contributed by atoms with E-state index in [1.54, 1.807) is 0 Å². The van der Waals surface area contributed by atoms with E-state index < -0.39 is 12.1 Å². The predicted octanol–water partition coefficient (Wildman–Crippen LogP) is 2.56. The van der Waals surface area contributed by atoms with Crippen molar-refractivity contribution in [2.75, 3.05) is 6.54 Å². The molecule has 0 rings (SSSR count). The predicted molar refractivity (Wildman–Crippen MR) is 62.6 cm³/mol. The average Bonchev–Trinajstić information content (AvgIpc) is 1.99. The molecule has 1 amide bonds. The highest BCUT2D eigenvalue weighted by atomic mass is 16.4. The quantitative estimate of drug-likeness (QED) is 0.637. The molecule has 0 aromatic heterocycles. The molecule has 0 radical (unpaired) electrons. The number of rotatable bonds is 5. The Labute approximate surface area is 96.9 Å². The fraction of sp³-hybridized carbons (Fsp3) is 0.818. The molecule has 0 aromatic carbocycles. The fourth-order valence-electron chi connectivity index (χ4n) is 0.597. The number of carboxylic acids is 1. The van der Waals surface area contributed by atoms with Crippen molar-refractivity contribution in [1.29, 1.82) is 0 Å². The van der Waals surface area contributed by atoms with Crippen molar-refractivity contribution >= 4 is 12.1 Å². The Morgan fingerprint density at radius 2 is 1.50 bits per heavy atom. The van der Waals surface area contributed by atoms with Crippen LogP contribution in [0.5, 0.6) is 0 Å². The topological polar surface area (TPSA) is 86.6 Å². The minimum Gasteiger partial charge on any atom is -0.481 e. The van der Waals surface area contributed by atoms with Gasteiger partial charge in [-0.1, -0.05) is 27.7 Å². The number of amides is 1. The van der Waals surface area contributed by atoms with Gasteiger partial charge in [-0.05, 0) is 18.3 Å². The van der Waals surface area contributed by atoms with Crippen molar-refractivity contribution in [3.8, 4) is 0 Å². The number of carbonyl (C=O) groups is 2. The zero-order valence-electron chi connectivity index (χ0n) is 10.5. The second-order valence-electron chi connectivity index (χ2n) is 5.08. The molecule has 16 heavy (non-hydrogen) atoms. The van der Waals surface area contributed by atoms with E-state index >= 15 is 0 Å². The number of aliphatic carboxylic acids is 1. The number of unbranched alkanes of at least 4 members (excludes halogenated alkanes) is 1. The molecule has 0 spiro atoms. The van der Waals surface area contributed by atoms with Gasteiger partial charge in [0.05, 0.1) is 0 Å². The van der Waals surface area contributed by atoms with Crippen LogP contribution in [0.15, 0.2) is 0 Å². The van der Waals surface area contributed by atoms with E-state index in [1.807, 2.05) is 0 Å². The summed E-state index contributed by atoms with van der Waals surface area (Å²) in [7, 11) is 0. The van der Waals surface area contributed by atoms with Gasteiger partial charge in [0.25, 0.3) is 0 Å². The Bertz CT molecular complexity index is 187. The van der Waals surface area contributed by atoms with E-state index in [4.69, 9.17) is 10.2 Å². The van der Waals surface area contributed by atoms with Gasteiger partial charge >= 0.3 is 12.1 Å². The van der Waals surface area contributed by atoms with E-state index in [9.17, 15) is 9.59 Å². The smallest absolute Gasteiger partial charge is 0.404 e. The van der Waals surface area contributed by atoms with Crippen LogP contribution in [0.3, 0.4) is 0 Å². The highest BCUT2D eigenvalue weighted by Crippen LogP contribution is 2.08. The van der Waals surface area contributed by atoms with Gasteiger partial charge in [0.15, 0.2) is 0 Å². The second-order valence-corrected chi connectivity index (χ2v) is 5.08. The van der Waals surface area contributed by atoms with Crippen LogP contribution in [0.25, 0.3) is 0 Å². The Morgan fingerprint density at radius 3 is 1.81 bits per heavy atom. The van der Waals surface area contributed by atoms with Crippen molar-refractivity contribution in [3.05, 3.63) is 0 Å². The van der Waals surface area contributed by atoms with Crippen LogP contribution in [0, 0.1) is 5.41 Å². The minimum absolute atomic E-state index is 0.0985. The Morgan fingerprint density at radius 1 is 1.06 bits per heavy atom. The van der Waals surface area contributed by atoms with Crippen LogP contribution in [0.2, 0.25) is 0 Å². The molecular formula is C11H23NO4. The number of hydrogen-bond acceptors (Lipinski definition) is 2. The lowest BCUT2D eigenvalue weighted by molar-refractivity contribution is -0.137. The lowest BCUT2D eigenvalue weighted by atomic mass is 10.0. The summed E-state index contributed by atoms with van der Waals surface area (Å²) in [6.07, 6.45) is 0.107. The zero-order valence-corrected chi connectivity index (χ0v) is 10.5. The third-order valence-corrected chi connectivity index (χ3v) is 1.09. The number of nitrogens with one attached hydrogen (secondary N) is 1. The molecular weight excluding hydrogens is 210 g/mol. The summed E-state index contributed by atoms with van der Waals surface area (Å²) in [5, 5.41) is 18.4. The molecule has 0 saturated heterocycles. The van der Waals surface area contributed by atoms with Gasteiger partial charge in [-0.15, -0.1) is 0 Å². The van der Waals surface area contributed by atoms with Crippen LogP contribution in [-0.2, 0) is 4.79 Å². The number of carboxylic acid groups (broad SMARTS) is 2. The van der Waals surface area contributed by atoms with Crippen LogP contribution in [0.1, 0.15) is 47.0 Å². The van der Waals surface area contributed by atoms with Crippen molar-refractivity contribution in [3.63, 3.8) is 0 Å². The van der Waals surface area contributed by atoms with Crippen molar-refractivity contribution in [2.24, 2.45) is 5.41 Å². The van der Waals surface area contributed by atoms with E-state index in [1.165, 1.54) is 0 Å². The van der Waals surface area contributed by atoms with E-state index in [2.05, 4.69) is 33.0 Å². The first kappa shape index (κ1) is 17.1. The first-order valence-corrected chi connectivity index (χ1v) is 5.31. The Hall–Kier alpha value is -1.26. The van der Waals surface area contributed by atoms with Crippen molar-refractivity contribution in [2.45, 2.75) is 47.0 Å². The lowest BCUT2D eigenvalue weighted by Gasteiger charge is -2.05. The monoisotopic (exact) mass is 233 g/mol. The van der Waals surface area contributed by atoms with Gasteiger partial charge in [0.1, 0.15) is 0 Å². The maximum absolute atomic E-state index is 9.96. The highest BCUT2D eigenvalue weighted by molar-refractivity contribution is 5.66. The third-order valence-electron chi connectivity index (χ3n) is 1.09. The standard InChI is InChI=1S/C6H11NO4.C5H12/c8-5(9)3-1-2-4-7-6(10)11;1-5(2,3)4/h7H,1-4H2,(H,8,9)(H,10,11);1-4H3. The molecule has 0 bridgehead atoms. The molecule has 0 aliphatic carbocycles. The van der Waals surface area contributed by atoms with E-state index in [0.29, 0.717) is 24.8 Å². The third kappa shape index (κ3) is 38.7. The van der Waals surface area contributed by atoms with Gasteiger partial charge < -0.3 is 15.5 Å². The van der Waals surface area contributed by atoms with Crippen LogP contribution >= 0.6 is 0 Å². The molecule has 0 aromatic rings. The van der Waals surface area contributed by atoms with Crippen LogP contribution < -0.4 is 5.32 Å². The highest BCUT2D eigenvalue weighted by Gasteiger charge is 1.97. The molecule has 0 fully saturated rings. The summed E-state index contributed by atoms with van der Waals surface area (Å²) < 4.78 is 0. The molecule has 0 atom stereocenters. The van der Waals surface area contributed by atoms with Crippen molar-refractivity contribution < 1.29 is 19.8 Å². The molecule has 0 unspecified atom stereocenters. The molecule has 0 saturated carbocycles. The minimum atomic E-state index is -1.07. The Kier molecular flexibility index (Phi) is 9.65. The summed E-state index contributed by atoms with van der Waals surface area (Å²) in [5.41, 5.74) is 0.500. The molecule has 5 heteroatoms. The zero-order chi connectivity index (χ0) is 13.2. The van der Waals surface area contributed by atoms with Crippen LogP contribution in [0.4, 0.5) is 4.79 Å². The van der Waals surface area contributed by atoms with Crippen LogP contribution in [-0.4, -0.2) is 28.8 Å². The van der Waals surface area contributed by atoms with Gasteiger partial charge in [-0.3, -0.25) is 4.79 Å². The molecule has 96 valence electrons. The van der Waals surface area contributed by atoms with Gasteiger partial charge in [-0.2, -0.15) is 0 Å². The summed E-state index contributed by atoms with van der Waals surface area (Å²) in [6, 6.07) is 0. The van der Waals surface area contributed by atoms with Gasteiger partial charge in [0, 0.05) is 13.0 Å². The first-order chi connectivity index (χ1) is 7.13. The molecule has 5 nitrogen and oxygen atoms in total. The largest absolute Gasteiger partial charge is 0.481 e. The molecule has 3 N–H and O–H groups in total. The maximum atomic E-state index is 9.96. The van der Waals surface area contributed by atoms with Crippen molar-refractivity contribution in [1.82, 2.24) is 5.32 Å². The molecule has 0 aliphatic rings. The Balaban J connectivity index is 0. The fourth-order valence-corrected chi connectivity index (χ4v) is 0.597. The summed E-state index contributed by atoms with van der Waals surface area (Å²) in [4.78, 5) is 19.8. The lowest BCUT2D eigenvalue weighted by Crippen LogP contribution is -2.21. The summed E-state index contributed by atoms with van der Waals surface area (Å²) >= 11 is 0. The average molecular weight is 233 g/mol. The number of hydrogen-bond donors (Lipinski definition) is 3. The SMILES string of the molecule is CC(C)(C)C.O=C(O)CCCCNC(=O)O. The second kappa shape index (κ2) is 9.00. The molecule has 0 aliphatic heterocycles.